The van der Waals surface area contributed by atoms with Gasteiger partial charge in [0.2, 0.25) is 0 Å². The molecule has 1 amide bonds. The van der Waals surface area contributed by atoms with Crippen LogP contribution >= 0.6 is 47.2 Å². The van der Waals surface area contributed by atoms with Crippen LogP contribution in [0.2, 0.25) is 10.0 Å². The van der Waals surface area contributed by atoms with Crippen LogP contribution in [-0.2, 0) is 4.79 Å². The third kappa shape index (κ3) is 3.88. The Morgan fingerprint density at radius 1 is 1.10 bits per heavy atom. The third-order valence-electron chi connectivity index (χ3n) is 4.50. The zero-order valence-corrected chi connectivity index (χ0v) is 18.7. The molecule has 29 heavy (non-hydrogen) atoms. The lowest BCUT2D eigenvalue weighted by molar-refractivity contribution is -0.113. The molecule has 3 aromatic rings. The van der Waals surface area contributed by atoms with Gasteiger partial charge in [0.25, 0.3) is 5.91 Å². The molecule has 0 radical (unpaired) electrons. The van der Waals surface area contributed by atoms with Crippen molar-refractivity contribution in [3.8, 4) is 11.3 Å². The molecule has 0 unspecified atom stereocenters. The first kappa shape index (κ1) is 20.2. The number of thioether (sulfide) groups is 1. The number of carbonyl (C=O) groups excluding carboxylic acids is 1. The smallest absolute Gasteiger partial charge is 0.270 e. The Bertz CT molecular complexity index is 1180. The molecule has 0 saturated carbocycles. The summed E-state index contributed by atoms with van der Waals surface area (Å²) in [5, 5.41) is 0.882. The summed E-state index contributed by atoms with van der Waals surface area (Å²) in [6, 6.07) is 14.9. The molecule has 0 atom stereocenters. The van der Waals surface area contributed by atoms with Crippen LogP contribution in [0.25, 0.3) is 17.4 Å². The highest BCUT2D eigenvalue weighted by molar-refractivity contribution is 8.27. The Kier molecular flexibility index (Phi) is 5.58. The van der Waals surface area contributed by atoms with Crippen LogP contribution in [0.3, 0.4) is 0 Å². The highest BCUT2D eigenvalue weighted by atomic mass is 35.5. The van der Waals surface area contributed by atoms with Crippen molar-refractivity contribution in [2.24, 2.45) is 0 Å². The number of anilines is 1. The van der Waals surface area contributed by atoms with Crippen LogP contribution in [0.15, 0.2) is 57.9 Å². The van der Waals surface area contributed by atoms with E-state index >= 15 is 0 Å². The van der Waals surface area contributed by atoms with Crippen LogP contribution in [0.5, 0.6) is 0 Å². The molecule has 0 spiro atoms. The van der Waals surface area contributed by atoms with Crippen molar-refractivity contribution in [1.29, 1.82) is 0 Å². The lowest BCUT2D eigenvalue weighted by atomic mass is 10.1. The molecule has 7 heteroatoms. The SMILES string of the molecule is Cc1ccc(N2C(=O)/C(=C/c3ccc(-c4cccc(Cl)c4Cl)o3)SC2=S)c(C)c1. The summed E-state index contributed by atoms with van der Waals surface area (Å²) in [6.45, 7) is 3.99. The number of furan rings is 1. The lowest BCUT2D eigenvalue weighted by Gasteiger charge is -2.17. The fourth-order valence-corrected chi connectivity index (χ4v) is 4.79. The number of carbonyl (C=O) groups is 1. The Hall–Kier alpha value is -2.05. The maximum absolute atomic E-state index is 13.0. The second-order valence-corrected chi connectivity index (χ2v) is 9.07. The zero-order valence-electron chi connectivity index (χ0n) is 15.5. The third-order valence-corrected chi connectivity index (χ3v) is 6.63. The van der Waals surface area contributed by atoms with E-state index < -0.39 is 0 Å². The van der Waals surface area contributed by atoms with Gasteiger partial charge in [0, 0.05) is 11.6 Å². The van der Waals surface area contributed by atoms with Crippen LogP contribution in [0.4, 0.5) is 5.69 Å². The quantitative estimate of drug-likeness (QED) is 0.304. The van der Waals surface area contributed by atoms with E-state index in [2.05, 4.69) is 0 Å². The molecule has 2 aromatic carbocycles. The summed E-state index contributed by atoms with van der Waals surface area (Å²) >= 11 is 19.1. The molecule has 1 aliphatic rings. The highest BCUT2D eigenvalue weighted by Crippen LogP contribution is 2.39. The Labute approximate surface area is 188 Å². The van der Waals surface area contributed by atoms with Gasteiger partial charge in [0.1, 0.15) is 11.5 Å². The van der Waals surface area contributed by atoms with Crippen LogP contribution in [-0.4, -0.2) is 10.2 Å². The first-order valence-electron chi connectivity index (χ1n) is 8.74. The van der Waals surface area contributed by atoms with Crippen molar-refractivity contribution >= 4 is 69.2 Å². The fourth-order valence-electron chi connectivity index (χ4n) is 3.13. The van der Waals surface area contributed by atoms with E-state index in [0.29, 0.717) is 36.4 Å². The molecule has 1 aromatic heterocycles. The van der Waals surface area contributed by atoms with E-state index in [4.69, 9.17) is 39.8 Å². The Balaban J connectivity index is 1.64. The zero-order chi connectivity index (χ0) is 20.7. The summed E-state index contributed by atoms with van der Waals surface area (Å²) in [5.41, 5.74) is 3.63. The van der Waals surface area contributed by atoms with Crippen molar-refractivity contribution in [2.45, 2.75) is 13.8 Å². The van der Waals surface area contributed by atoms with Gasteiger partial charge in [-0.15, -0.1) is 0 Å². The minimum absolute atomic E-state index is 0.161. The minimum atomic E-state index is -0.161. The van der Waals surface area contributed by atoms with Gasteiger partial charge in [-0.2, -0.15) is 0 Å². The number of thiocarbonyl (C=S) groups is 1. The van der Waals surface area contributed by atoms with Gasteiger partial charge >= 0.3 is 0 Å². The lowest BCUT2D eigenvalue weighted by Crippen LogP contribution is -2.28. The van der Waals surface area contributed by atoms with Crippen LogP contribution in [0, 0.1) is 13.8 Å². The first-order valence-corrected chi connectivity index (χ1v) is 10.7. The van der Waals surface area contributed by atoms with Crippen LogP contribution < -0.4 is 4.90 Å². The fraction of sp³-hybridized carbons (Fsp3) is 0.0909. The van der Waals surface area contributed by atoms with Gasteiger partial charge in [-0.05, 0) is 49.7 Å². The van der Waals surface area contributed by atoms with Crippen LogP contribution in [0.1, 0.15) is 16.9 Å². The molecule has 2 heterocycles. The van der Waals surface area contributed by atoms with Gasteiger partial charge in [0.05, 0.1) is 20.6 Å². The number of rotatable bonds is 3. The molecule has 3 nitrogen and oxygen atoms in total. The second kappa shape index (κ2) is 8.00. The highest BCUT2D eigenvalue weighted by Gasteiger charge is 2.34. The number of aryl methyl sites for hydroxylation is 2. The predicted molar refractivity (Wildman–Crippen MR) is 126 cm³/mol. The first-order chi connectivity index (χ1) is 13.8. The van der Waals surface area contributed by atoms with Gasteiger partial charge in [-0.3, -0.25) is 9.69 Å². The van der Waals surface area contributed by atoms with Gasteiger partial charge < -0.3 is 4.42 Å². The topological polar surface area (TPSA) is 33.5 Å². The summed E-state index contributed by atoms with van der Waals surface area (Å²) < 4.78 is 6.38. The number of hydrogen-bond donors (Lipinski definition) is 0. The summed E-state index contributed by atoms with van der Waals surface area (Å²) in [6.07, 6.45) is 1.70. The normalized spacial score (nSPS) is 15.6. The number of nitrogens with zero attached hydrogens (tertiary/aromatic N) is 1. The van der Waals surface area contributed by atoms with Gasteiger partial charge in [-0.1, -0.05) is 70.9 Å². The molecular formula is C22H15Cl2NO2S2. The maximum Gasteiger partial charge on any atom is 0.270 e. The summed E-state index contributed by atoms with van der Waals surface area (Å²) in [7, 11) is 0. The van der Waals surface area contributed by atoms with E-state index in [0.717, 1.165) is 16.8 Å². The number of halogens is 2. The minimum Gasteiger partial charge on any atom is -0.457 e. The van der Waals surface area contributed by atoms with Gasteiger partial charge in [0.15, 0.2) is 4.32 Å². The Morgan fingerprint density at radius 3 is 2.66 bits per heavy atom. The molecule has 0 bridgehead atoms. The summed E-state index contributed by atoms with van der Waals surface area (Å²) in [4.78, 5) is 15.1. The summed E-state index contributed by atoms with van der Waals surface area (Å²) in [5.74, 6) is 0.955. The van der Waals surface area contributed by atoms with Crippen molar-refractivity contribution in [3.63, 3.8) is 0 Å². The molecular weight excluding hydrogens is 445 g/mol. The molecule has 1 saturated heterocycles. The second-order valence-electron chi connectivity index (χ2n) is 6.61. The molecule has 4 rings (SSSR count). The van der Waals surface area contributed by atoms with E-state index in [1.165, 1.54) is 11.8 Å². The number of hydrogen-bond acceptors (Lipinski definition) is 4. The number of amides is 1. The van der Waals surface area contributed by atoms with Crippen molar-refractivity contribution < 1.29 is 9.21 Å². The van der Waals surface area contributed by atoms with E-state index in [1.54, 1.807) is 35.2 Å². The van der Waals surface area contributed by atoms with Crippen molar-refractivity contribution in [3.05, 3.63) is 80.4 Å². The van der Waals surface area contributed by atoms with Gasteiger partial charge in [-0.25, -0.2) is 0 Å². The number of benzene rings is 2. The molecule has 146 valence electrons. The van der Waals surface area contributed by atoms with E-state index in [9.17, 15) is 4.79 Å². The van der Waals surface area contributed by atoms with E-state index in [-0.39, 0.29) is 5.91 Å². The predicted octanol–water partition coefficient (Wildman–Crippen LogP) is 7.28. The molecule has 0 N–H and O–H groups in total. The monoisotopic (exact) mass is 459 g/mol. The molecule has 1 fully saturated rings. The largest absolute Gasteiger partial charge is 0.457 e. The average Bonchev–Trinajstić information content (AvgIpc) is 3.23. The average molecular weight is 460 g/mol. The van der Waals surface area contributed by atoms with Crippen molar-refractivity contribution in [2.75, 3.05) is 4.90 Å². The standard InChI is InChI=1S/C22H15Cl2NO2S2/c1-12-6-8-17(13(2)10-12)25-21(26)19(29-22(25)28)11-14-7-9-18(27-14)15-4-3-5-16(23)20(15)24/h3-11H,1-2H3/b19-11-. The molecule has 0 aliphatic carbocycles. The van der Waals surface area contributed by atoms with Crippen molar-refractivity contribution in [1.82, 2.24) is 0 Å². The maximum atomic E-state index is 13.0. The Morgan fingerprint density at radius 2 is 1.90 bits per heavy atom. The van der Waals surface area contributed by atoms with E-state index in [1.807, 2.05) is 38.1 Å². The molecule has 1 aliphatic heterocycles.